The summed E-state index contributed by atoms with van der Waals surface area (Å²) in [6, 6.07) is 2.72. The van der Waals surface area contributed by atoms with Crippen molar-refractivity contribution < 1.29 is 23.5 Å². The molecule has 0 spiro atoms. The molecule has 3 amide bonds. The minimum atomic E-state index is -0.703. The molecule has 1 rings (SSSR count). The lowest BCUT2D eigenvalue weighted by Gasteiger charge is -2.05. The van der Waals surface area contributed by atoms with Gasteiger partial charge in [-0.1, -0.05) is 6.92 Å². The van der Waals surface area contributed by atoms with E-state index in [2.05, 4.69) is 10.1 Å². The van der Waals surface area contributed by atoms with Gasteiger partial charge in [-0.25, -0.2) is 9.59 Å². The van der Waals surface area contributed by atoms with E-state index in [0.29, 0.717) is 12.3 Å². The fraction of sp³-hybridized carbons (Fsp3) is 0.308. The summed E-state index contributed by atoms with van der Waals surface area (Å²) >= 11 is 0. The van der Waals surface area contributed by atoms with Gasteiger partial charge in [0.25, 0.3) is 5.91 Å². The molecule has 1 heterocycles. The number of imide groups is 1. The molecule has 0 aliphatic heterocycles. The maximum Gasteiger partial charge on any atom is 0.331 e. The van der Waals surface area contributed by atoms with Gasteiger partial charge in [0.1, 0.15) is 5.76 Å². The fourth-order valence-corrected chi connectivity index (χ4v) is 1.17. The molecule has 2 N–H and O–H groups in total. The average Bonchev–Trinajstić information content (AvgIpc) is 2.93. The molecule has 0 saturated heterocycles. The van der Waals surface area contributed by atoms with Crippen LogP contribution in [0.25, 0.3) is 6.08 Å². The summed E-state index contributed by atoms with van der Waals surface area (Å²) in [5.74, 6) is -0.908. The number of esters is 1. The molecule has 0 atom stereocenters. The van der Waals surface area contributed by atoms with Crippen LogP contribution in [0.3, 0.4) is 0 Å². The number of hydrogen-bond acceptors (Lipinski definition) is 5. The third-order valence-corrected chi connectivity index (χ3v) is 2.06. The molecule has 0 aliphatic carbocycles. The lowest BCUT2D eigenvalue weighted by molar-refractivity contribution is -0.143. The minimum Gasteiger partial charge on any atom is -0.465 e. The zero-order valence-corrected chi connectivity index (χ0v) is 11.0. The van der Waals surface area contributed by atoms with Gasteiger partial charge in [-0.2, -0.15) is 0 Å². The zero-order valence-electron chi connectivity index (χ0n) is 11.0. The minimum absolute atomic E-state index is 0.463. The van der Waals surface area contributed by atoms with Crippen LogP contribution in [-0.2, 0) is 14.3 Å². The van der Waals surface area contributed by atoms with Crippen LogP contribution in [0.15, 0.2) is 28.9 Å². The molecule has 7 nitrogen and oxygen atoms in total. The Hall–Kier alpha value is -2.57. The van der Waals surface area contributed by atoms with E-state index in [-0.39, 0.29) is 0 Å². The summed E-state index contributed by atoms with van der Waals surface area (Å²) in [6.45, 7) is 1.82. The van der Waals surface area contributed by atoms with Crippen LogP contribution in [-0.4, -0.2) is 31.1 Å². The summed E-state index contributed by atoms with van der Waals surface area (Å²) < 4.78 is 9.62. The van der Waals surface area contributed by atoms with Gasteiger partial charge < -0.3 is 14.5 Å². The fourth-order valence-electron chi connectivity index (χ4n) is 1.17. The summed E-state index contributed by atoms with van der Waals surface area (Å²) in [4.78, 5) is 33.7. The van der Waals surface area contributed by atoms with E-state index < -0.39 is 24.5 Å². The van der Waals surface area contributed by atoms with Crippen molar-refractivity contribution in [1.29, 1.82) is 0 Å². The number of carbonyl (C=O) groups excluding carboxylic acids is 3. The lowest BCUT2D eigenvalue weighted by Crippen LogP contribution is -2.41. The van der Waals surface area contributed by atoms with Crippen molar-refractivity contribution in [2.24, 2.45) is 0 Å². The highest BCUT2D eigenvalue weighted by molar-refractivity contribution is 5.96. The topological polar surface area (TPSA) is 97.6 Å². The number of carbonyl (C=O) groups is 3. The predicted octanol–water partition coefficient (Wildman–Crippen LogP) is 1.07. The molecular weight excluding hydrogens is 264 g/mol. The van der Waals surface area contributed by atoms with E-state index in [1.54, 1.807) is 12.1 Å². The van der Waals surface area contributed by atoms with Gasteiger partial charge >= 0.3 is 12.0 Å². The highest BCUT2D eigenvalue weighted by Gasteiger charge is 2.08. The van der Waals surface area contributed by atoms with E-state index in [1.807, 2.05) is 12.2 Å². The largest absolute Gasteiger partial charge is 0.465 e. The Morgan fingerprint density at radius 2 is 2.20 bits per heavy atom. The van der Waals surface area contributed by atoms with E-state index >= 15 is 0 Å². The Labute approximate surface area is 116 Å². The van der Waals surface area contributed by atoms with E-state index in [1.165, 1.54) is 12.3 Å². The number of ether oxygens (including phenoxy) is 1. The quantitative estimate of drug-likeness (QED) is 0.600. The van der Waals surface area contributed by atoms with E-state index in [9.17, 15) is 14.4 Å². The van der Waals surface area contributed by atoms with Crippen LogP contribution < -0.4 is 10.6 Å². The third-order valence-electron chi connectivity index (χ3n) is 2.06. The Bertz CT molecular complexity index is 479. The maximum atomic E-state index is 11.3. The molecular formula is C13H16N2O5. The van der Waals surface area contributed by atoms with Crippen molar-refractivity contribution in [1.82, 2.24) is 10.6 Å². The van der Waals surface area contributed by atoms with Gasteiger partial charge in [0, 0.05) is 12.6 Å². The standard InChI is InChI=1S/C13H16N2O5/c1-2-7-14-13(18)15-11(16)9-20-12(17)6-5-10-4-3-8-19-10/h3-6,8H,2,7,9H2,1H3,(H2,14,15,16,18)/b6-5+. The molecule has 0 aromatic carbocycles. The second-order valence-corrected chi connectivity index (χ2v) is 3.76. The molecule has 0 fully saturated rings. The Morgan fingerprint density at radius 1 is 1.40 bits per heavy atom. The van der Waals surface area contributed by atoms with Gasteiger partial charge in [0.05, 0.1) is 6.26 Å². The van der Waals surface area contributed by atoms with Crippen molar-refractivity contribution >= 4 is 24.0 Å². The van der Waals surface area contributed by atoms with Crippen LogP contribution in [0.1, 0.15) is 19.1 Å². The number of furan rings is 1. The maximum absolute atomic E-state index is 11.3. The SMILES string of the molecule is CCCNC(=O)NC(=O)COC(=O)/C=C/c1ccco1. The van der Waals surface area contributed by atoms with Crippen molar-refractivity contribution in [3.05, 3.63) is 30.2 Å². The number of rotatable bonds is 6. The molecule has 0 unspecified atom stereocenters. The summed E-state index contributed by atoms with van der Waals surface area (Å²) in [7, 11) is 0. The second kappa shape index (κ2) is 8.52. The predicted molar refractivity (Wildman–Crippen MR) is 70.5 cm³/mol. The van der Waals surface area contributed by atoms with Crippen molar-refractivity contribution in [2.75, 3.05) is 13.2 Å². The van der Waals surface area contributed by atoms with Crippen molar-refractivity contribution in [3.63, 3.8) is 0 Å². The molecule has 0 aliphatic rings. The molecule has 0 radical (unpaired) electrons. The van der Waals surface area contributed by atoms with Gasteiger partial charge in [0.2, 0.25) is 0 Å². The molecule has 1 aromatic rings. The zero-order chi connectivity index (χ0) is 14.8. The number of amides is 3. The highest BCUT2D eigenvalue weighted by Crippen LogP contribution is 2.02. The lowest BCUT2D eigenvalue weighted by atomic mass is 10.4. The summed E-state index contributed by atoms with van der Waals surface area (Å²) in [6.07, 6.45) is 4.76. The Kier molecular flexibility index (Phi) is 6.60. The molecule has 0 saturated carbocycles. The number of nitrogens with one attached hydrogen (secondary N) is 2. The molecule has 7 heteroatoms. The van der Waals surface area contributed by atoms with Crippen molar-refractivity contribution in [2.45, 2.75) is 13.3 Å². The molecule has 108 valence electrons. The van der Waals surface area contributed by atoms with Gasteiger partial charge in [-0.05, 0) is 24.6 Å². The van der Waals surface area contributed by atoms with Crippen LogP contribution >= 0.6 is 0 Å². The molecule has 1 aromatic heterocycles. The normalized spacial score (nSPS) is 10.2. The van der Waals surface area contributed by atoms with Crippen molar-refractivity contribution in [3.8, 4) is 0 Å². The molecule has 0 bridgehead atoms. The summed E-state index contributed by atoms with van der Waals surface area (Å²) in [5, 5.41) is 4.49. The van der Waals surface area contributed by atoms with Crippen LogP contribution in [0.4, 0.5) is 4.79 Å². The third kappa shape index (κ3) is 6.39. The summed E-state index contributed by atoms with van der Waals surface area (Å²) in [5.41, 5.74) is 0. The van der Waals surface area contributed by atoms with Crippen LogP contribution in [0, 0.1) is 0 Å². The number of hydrogen-bond donors (Lipinski definition) is 2. The average molecular weight is 280 g/mol. The smallest absolute Gasteiger partial charge is 0.331 e. The first-order valence-corrected chi connectivity index (χ1v) is 6.08. The first-order valence-electron chi connectivity index (χ1n) is 6.08. The van der Waals surface area contributed by atoms with Crippen LogP contribution in [0.2, 0.25) is 0 Å². The first-order chi connectivity index (χ1) is 9.61. The van der Waals surface area contributed by atoms with Gasteiger partial charge in [-0.15, -0.1) is 0 Å². The highest BCUT2D eigenvalue weighted by atomic mass is 16.5. The second-order valence-electron chi connectivity index (χ2n) is 3.76. The molecule has 20 heavy (non-hydrogen) atoms. The van der Waals surface area contributed by atoms with Gasteiger partial charge in [0.15, 0.2) is 6.61 Å². The van der Waals surface area contributed by atoms with E-state index in [0.717, 1.165) is 12.5 Å². The number of urea groups is 1. The first kappa shape index (κ1) is 15.5. The van der Waals surface area contributed by atoms with Gasteiger partial charge in [-0.3, -0.25) is 10.1 Å². The van der Waals surface area contributed by atoms with E-state index in [4.69, 9.17) is 4.42 Å². The van der Waals surface area contributed by atoms with Crippen LogP contribution in [0.5, 0.6) is 0 Å². The Balaban J connectivity index is 2.23. The monoisotopic (exact) mass is 280 g/mol. The Morgan fingerprint density at radius 3 is 2.85 bits per heavy atom.